The summed E-state index contributed by atoms with van der Waals surface area (Å²) in [6, 6.07) is 0.339. The van der Waals surface area contributed by atoms with Gasteiger partial charge in [-0.05, 0) is 31.9 Å². The lowest BCUT2D eigenvalue weighted by Crippen LogP contribution is -2.46. The molecule has 2 aliphatic rings. The summed E-state index contributed by atoms with van der Waals surface area (Å²) >= 11 is 0. The monoisotopic (exact) mass is 455 g/mol. The molecule has 32 heavy (non-hydrogen) atoms. The number of rotatable bonds is 4. The second kappa shape index (κ2) is 8.75. The average Bonchev–Trinajstić information content (AvgIpc) is 3.43. The smallest absolute Gasteiger partial charge is 0.410 e. The average molecular weight is 455 g/mol. The van der Waals surface area contributed by atoms with Crippen LogP contribution < -0.4 is 10.6 Å². The van der Waals surface area contributed by atoms with Crippen LogP contribution in [0.1, 0.15) is 54.4 Å². The number of nitrogens with one attached hydrogen (secondary N) is 2. The minimum atomic E-state index is -4.54. The number of nitrogens with zero attached hydrogens (tertiary/aromatic N) is 3. The Kier molecular flexibility index (Phi) is 6.02. The highest BCUT2D eigenvalue weighted by Crippen LogP contribution is 2.44. The van der Waals surface area contributed by atoms with E-state index in [9.17, 15) is 22.8 Å². The zero-order chi connectivity index (χ0) is 22.9. The van der Waals surface area contributed by atoms with Crippen LogP contribution in [0.3, 0.4) is 0 Å². The van der Waals surface area contributed by atoms with Crippen molar-refractivity contribution in [2.24, 2.45) is 0 Å². The van der Waals surface area contributed by atoms with Gasteiger partial charge in [0.05, 0.1) is 25.1 Å². The summed E-state index contributed by atoms with van der Waals surface area (Å²) in [5, 5.41) is 9.69. The molecule has 9 nitrogen and oxygen atoms in total. The minimum Gasteiger partial charge on any atom is -0.467 e. The number of carbonyl (C=O) groups excluding carboxylic acids is 2. The van der Waals surface area contributed by atoms with Crippen molar-refractivity contribution in [1.82, 2.24) is 20.0 Å². The Balaban J connectivity index is 1.48. The third-order valence-electron chi connectivity index (χ3n) is 5.73. The second-order valence-electron chi connectivity index (χ2n) is 7.79. The first-order chi connectivity index (χ1) is 15.3. The van der Waals surface area contributed by atoms with Gasteiger partial charge in [0.2, 0.25) is 0 Å². The number of hydrogen-bond donors (Lipinski definition) is 2. The number of anilines is 1. The highest BCUT2D eigenvalue weighted by atomic mass is 19.4. The Morgan fingerprint density at radius 3 is 2.72 bits per heavy atom. The van der Waals surface area contributed by atoms with Gasteiger partial charge in [0.25, 0.3) is 5.91 Å². The minimum absolute atomic E-state index is 0.00133. The number of piperidine rings is 1. The van der Waals surface area contributed by atoms with Crippen LogP contribution in [-0.4, -0.2) is 58.6 Å². The maximum atomic E-state index is 13.7. The summed E-state index contributed by atoms with van der Waals surface area (Å²) < 4.78 is 52.2. The van der Waals surface area contributed by atoms with Gasteiger partial charge in [-0.15, -0.1) is 0 Å². The van der Waals surface area contributed by atoms with Gasteiger partial charge in [-0.25, -0.2) is 9.48 Å². The van der Waals surface area contributed by atoms with E-state index in [0.29, 0.717) is 31.7 Å². The normalized spacial score (nSPS) is 21.6. The molecule has 2 aromatic rings. The van der Waals surface area contributed by atoms with Crippen molar-refractivity contribution in [2.75, 3.05) is 25.0 Å². The van der Waals surface area contributed by atoms with Crippen LogP contribution in [0.2, 0.25) is 0 Å². The van der Waals surface area contributed by atoms with Gasteiger partial charge in [-0.3, -0.25) is 4.79 Å². The number of halogens is 3. The highest BCUT2D eigenvalue weighted by molar-refractivity contribution is 5.99. The van der Waals surface area contributed by atoms with Crippen molar-refractivity contribution < 1.29 is 31.9 Å². The van der Waals surface area contributed by atoms with E-state index in [1.165, 1.54) is 6.26 Å². The van der Waals surface area contributed by atoms with Crippen molar-refractivity contribution in [3.05, 3.63) is 35.9 Å². The molecule has 0 unspecified atom stereocenters. The van der Waals surface area contributed by atoms with E-state index < -0.39 is 30.3 Å². The summed E-state index contributed by atoms with van der Waals surface area (Å²) in [5.74, 6) is -0.166. The molecule has 174 valence electrons. The van der Waals surface area contributed by atoms with E-state index in [0.717, 1.165) is 10.9 Å². The molecule has 0 spiro atoms. The molecule has 12 heteroatoms. The molecule has 2 atom stereocenters. The van der Waals surface area contributed by atoms with Crippen molar-refractivity contribution >= 4 is 17.8 Å². The molecule has 0 bridgehead atoms. The maximum absolute atomic E-state index is 13.7. The van der Waals surface area contributed by atoms with Gasteiger partial charge in [0.1, 0.15) is 17.1 Å². The quantitative estimate of drug-likeness (QED) is 0.732. The summed E-state index contributed by atoms with van der Waals surface area (Å²) in [5.41, 5.74) is 0.0309. The number of alkyl halides is 3. The number of furan rings is 1. The highest BCUT2D eigenvalue weighted by Gasteiger charge is 2.47. The number of amides is 2. The molecule has 0 radical (unpaired) electrons. The molecule has 0 aromatic carbocycles. The van der Waals surface area contributed by atoms with E-state index in [1.54, 1.807) is 24.0 Å². The number of carbonyl (C=O) groups is 2. The van der Waals surface area contributed by atoms with Crippen molar-refractivity contribution in [3.8, 4) is 0 Å². The standard InChI is InChI=1S/C20H24F3N5O4/c1-2-31-19(30)27-7-5-12(6-8-27)25-18(29)13-11-24-28-16(20(21,22)23)10-14(26-17(13)28)15-4-3-9-32-15/h3-4,9,11-12,14,16,26H,2,5-8,10H2,1H3,(H,25,29)/t14-,16+/m0/s1. The Morgan fingerprint density at radius 1 is 1.34 bits per heavy atom. The van der Waals surface area contributed by atoms with Crippen LogP contribution >= 0.6 is 0 Å². The molecular formula is C20H24F3N5O4. The number of fused-ring (bicyclic) bond motifs is 1. The molecule has 4 heterocycles. The largest absolute Gasteiger partial charge is 0.467 e. The van der Waals surface area contributed by atoms with Gasteiger partial charge in [-0.2, -0.15) is 18.3 Å². The Morgan fingerprint density at radius 2 is 2.09 bits per heavy atom. The van der Waals surface area contributed by atoms with E-state index in [2.05, 4.69) is 15.7 Å². The van der Waals surface area contributed by atoms with Crippen molar-refractivity contribution in [3.63, 3.8) is 0 Å². The third-order valence-corrected chi connectivity index (χ3v) is 5.73. The Bertz CT molecular complexity index is 951. The first-order valence-electron chi connectivity index (χ1n) is 10.4. The lowest BCUT2D eigenvalue weighted by atomic mass is 10.0. The van der Waals surface area contributed by atoms with Crippen LogP contribution in [0.15, 0.2) is 29.0 Å². The van der Waals surface area contributed by atoms with Gasteiger partial charge >= 0.3 is 12.3 Å². The summed E-state index contributed by atoms with van der Waals surface area (Å²) in [7, 11) is 0. The Labute approximate surface area is 181 Å². The molecule has 2 amide bonds. The lowest BCUT2D eigenvalue weighted by Gasteiger charge is -2.33. The molecular weight excluding hydrogens is 431 g/mol. The molecule has 1 saturated heterocycles. The summed E-state index contributed by atoms with van der Waals surface area (Å²) in [6.45, 7) is 2.86. The Hall–Kier alpha value is -3.18. The second-order valence-corrected chi connectivity index (χ2v) is 7.79. The van der Waals surface area contributed by atoms with Gasteiger partial charge in [0, 0.05) is 25.6 Å². The maximum Gasteiger partial charge on any atom is 0.410 e. The first-order valence-corrected chi connectivity index (χ1v) is 10.4. The zero-order valence-corrected chi connectivity index (χ0v) is 17.4. The van der Waals surface area contributed by atoms with E-state index >= 15 is 0 Å². The predicted octanol–water partition coefficient (Wildman–Crippen LogP) is 3.49. The van der Waals surface area contributed by atoms with Crippen LogP contribution in [0.5, 0.6) is 0 Å². The molecule has 0 aliphatic carbocycles. The van der Waals surface area contributed by atoms with Crippen molar-refractivity contribution in [2.45, 2.75) is 50.5 Å². The van der Waals surface area contributed by atoms with E-state index in [1.807, 2.05) is 0 Å². The number of aromatic nitrogens is 2. The van der Waals surface area contributed by atoms with Crippen LogP contribution in [0.25, 0.3) is 0 Å². The SMILES string of the molecule is CCOC(=O)N1CCC(NC(=O)c2cnn3c2N[C@H](c2ccco2)C[C@@H]3C(F)(F)F)CC1. The fourth-order valence-electron chi connectivity index (χ4n) is 4.09. The molecule has 2 N–H and O–H groups in total. The molecule has 1 fully saturated rings. The van der Waals surface area contributed by atoms with E-state index in [4.69, 9.17) is 9.15 Å². The molecule has 4 rings (SSSR count). The number of ether oxygens (including phenoxy) is 1. The van der Waals surface area contributed by atoms with Gasteiger partial charge in [-0.1, -0.05) is 0 Å². The molecule has 2 aromatic heterocycles. The zero-order valence-electron chi connectivity index (χ0n) is 17.4. The molecule has 2 aliphatic heterocycles. The lowest BCUT2D eigenvalue weighted by molar-refractivity contribution is -0.174. The molecule has 0 saturated carbocycles. The van der Waals surface area contributed by atoms with Crippen molar-refractivity contribution in [1.29, 1.82) is 0 Å². The van der Waals surface area contributed by atoms with Crippen LogP contribution in [-0.2, 0) is 4.74 Å². The number of hydrogen-bond acceptors (Lipinski definition) is 6. The van der Waals surface area contributed by atoms with E-state index in [-0.39, 0.29) is 30.5 Å². The first kappa shape index (κ1) is 22.0. The summed E-state index contributed by atoms with van der Waals surface area (Å²) in [4.78, 5) is 26.3. The predicted molar refractivity (Wildman–Crippen MR) is 106 cm³/mol. The van der Waals surface area contributed by atoms with Gasteiger partial charge in [0.15, 0.2) is 6.04 Å². The fourth-order valence-corrected chi connectivity index (χ4v) is 4.09. The summed E-state index contributed by atoms with van der Waals surface area (Å²) in [6.07, 6.45) is -1.67. The van der Waals surface area contributed by atoms with Gasteiger partial charge < -0.3 is 24.7 Å². The van der Waals surface area contributed by atoms with Crippen LogP contribution in [0.4, 0.5) is 23.8 Å². The fraction of sp³-hybridized carbons (Fsp3) is 0.550. The topological polar surface area (TPSA) is 102 Å². The van der Waals surface area contributed by atoms with Crippen LogP contribution in [0, 0.1) is 0 Å². The third kappa shape index (κ3) is 4.39. The number of likely N-dealkylation sites (tertiary alicyclic amines) is 1.